The molecule has 0 saturated heterocycles. The minimum Gasteiger partial charge on any atom is -0.480 e. The topological polar surface area (TPSA) is 76.2 Å². The summed E-state index contributed by atoms with van der Waals surface area (Å²) in [4.78, 5) is 14.5. The van der Waals surface area contributed by atoms with E-state index in [0.717, 1.165) is 0 Å². The highest BCUT2D eigenvalue weighted by Crippen LogP contribution is 2.13. The predicted octanol–water partition coefficient (Wildman–Crippen LogP) is 0.340. The van der Waals surface area contributed by atoms with Gasteiger partial charge in [0.2, 0.25) is 0 Å². The average molecular weight is 166 g/mol. The van der Waals surface area contributed by atoms with Gasteiger partial charge in [0.05, 0.1) is 5.69 Å². The highest BCUT2D eigenvalue weighted by Gasteiger charge is 2.31. The molecule has 1 aromatic heterocycles. The van der Waals surface area contributed by atoms with Gasteiger partial charge in [0.25, 0.3) is 0 Å². The van der Waals surface area contributed by atoms with Crippen LogP contribution >= 0.6 is 0 Å². The SMILES string of the molecule is C[C@@](N)(C(=O)O)c1ccccn1. The molecule has 3 N–H and O–H groups in total. The van der Waals surface area contributed by atoms with Crippen molar-refractivity contribution in [2.75, 3.05) is 0 Å². The molecule has 1 heterocycles. The molecule has 0 saturated carbocycles. The summed E-state index contributed by atoms with van der Waals surface area (Å²) in [5, 5.41) is 8.73. The van der Waals surface area contributed by atoms with Gasteiger partial charge >= 0.3 is 5.97 Å². The van der Waals surface area contributed by atoms with Crippen molar-refractivity contribution in [3.05, 3.63) is 30.1 Å². The van der Waals surface area contributed by atoms with Crippen molar-refractivity contribution in [2.45, 2.75) is 12.5 Å². The zero-order chi connectivity index (χ0) is 9.19. The van der Waals surface area contributed by atoms with Crippen LogP contribution in [0.4, 0.5) is 0 Å². The van der Waals surface area contributed by atoms with E-state index >= 15 is 0 Å². The molecule has 64 valence electrons. The van der Waals surface area contributed by atoms with E-state index < -0.39 is 11.5 Å². The lowest BCUT2D eigenvalue weighted by atomic mass is 9.99. The highest BCUT2D eigenvalue weighted by molar-refractivity contribution is 5.79. The molecular formula is C8H10N2O2. The summed E-state index contributed by atoms with van der Waals surface area (Å²) >= 11 is 0. The first-order valence-electron chi connectivity index (χ1n) is 3.49. The molecule has 1 aromatic rings. The van der Waals surface area contributed by atoms with E-state index in [0.29, 0.717) is 5.69 Å². The van der Waals surface area contributed by atoms with E-state index in [1.807, 2.05) is 0 Å². The molecule has 0 aliphatic rings. The van der Waals surface area contributed by atoms with Gasteiger partial charge < -0.3 is 10.8 Å². The Balaban J connectivity index is 3.06. The molecule has 0 aliphatic carbocycles. The van der Waals surface area contributed by atoms with Crippen LogP contribution in [-0.2, 0) is 10.3 Å². The van der Waals surface area contributed by atoms with Gasteiger partial charge in [0.15, 0.2) is 5.54 Å². The van der Waals surface area contributed by atoms with Gasteiger partial charge in [-0.2, -0.15) is 0 Å². The maximum Gasteiger partial charge on any atom is 0.329 e. The minimum atomic E-state index is -1.40. The van der Waals surface area contributed by atoms with Crippen LogP contribution in [0, 0.1) is 0 Å². The molecular weight excluding hydrogens is 156 g/mol. The monoisotopic (exact) mass is 166 g/mol. The fourth-order valence-electron chi connectivity index (χ4n) is 0.780. The summed E-state index contributed by atoms with van der Waals surface area (Å²) in [6.07, 6.45) is 1.52. The Morgan fingerprint density at radius 3 is 2.75 bits per heavy atom. The molecule has 0 aromatic carbocycles. The second kappa shape index (κ2) is 2.91. The van der Waals surface area contributed by atoms with Crippen LogP contribution in [0.3, 0.4) is 0 Å². The van der Waals surface area contributed by atoms with Crippen LogP contribution in [0.15, 0.2) is 24.4 Å². The molecule has 0 bridgehead atoms. The molecule has 0 radical (unpaired) electrons. The van der Waals surface area contributed by atoms with Gasteiger partial charge in [-0.3, -0.25) is 4.98 Å². The Bertz CT molecular complexity index is 282. The summed E-state index contributed by atoms with van der Waals surface area (Å²) in [5.41, 5.74) is 4.48. The number of carboxylic acid groups (broad SMARTS) is 1. The number of pyridine rings is 1. The molecule has 0 unspecified atom stereocenters. The summed E-state index contributed by atoms with van der Waals surface area (Å²) in [6.45, 7) is 1.41. The van der Waals surface area contributed by atoms with Gasteiger partial charge in [-0.25, -0.2) is 4.79 Å². The van der Waals surface area contributed by atoms with Crippen molar-refractivity contribution < 1.29 is 9.90 Å². The zero-order valence-electron chi connectivity index (χ0n) is 6.69. The number of aliphatic carboxylic acids is 1. The zero-order valence-corrected chi connectivity index (χ0v) is 6.69. The number of hydrogen-bond donors (Lipinski definition) is 2. The molecule has 0 fully saturated rings. The summed E-state index contributed by atoms with van der Waals surface area (Å²) < 4.78 is 0. The summed E-state index contributed by atoms with van der Waals surface area (Å²) in [5.74, 6) is -1.08. The minimum absolute atomic E-state index is 0.359. The second-order valence-corrected chi connectivity index (χ2v) is 2.72. The number of aromatic nitrogens is 1. The Labute approximate surface area is 70.0 Å². The smallest absolute Gasteiger partial charge is 0.329 e. The van der Waals surface area contributed by atoms with Crippen LogP contribution in [0.2, 0.25) is 0 Å². The van der Waals surface area contributed by atoms with E-state index in [4.69, 9.17) is 10.8 Å². The van der Waals surface area contributed by atoms with E-state index in [1.165, 1.54) is 13.1 Å². The summed E-state index contributed by atoms with van der Waals surface area (Å²) in [6, 6.07) is 5.01. The molecule has 4 heteroatoms. The average Bonchev–Trinajstić information content (AvgIpc) is 2.06. The van der Waals surface area contributed by atoms with Crippen molar-refractivity contribution in [1.29, 1.82) is 0 Å². The lowest BCUT2D eigenvalue weighted by Crippen LogP contribution is -2.42. The molecule has 1 atom stereocenters. The van der Waals surface area contributed by atoms with Crippen molar-refractivity contribution in [3.8, 4) is 0 Å². The first-order chi connectivity index (χ1) is 5.55. The predicted molar refractivity (Wildman–Crippen MR) is 43.4 cm³/mol. The Hall–Kier alpha value is -1.42. The Kier molecular flexibility index (Phi) is 2.10. The maximum absolute atomic E-state index is 10.7. The van der Waals surface area contributed by atoms with Gasteiger partial charge in [0.1, 0.15) is 0 Å². The number of hydrogen-bond acceptors (Lipinski definition) is 3. The van der Waals surface area contributed by atoms with Gasteiger partial charge in [-0.15, -0.1) is 0 Å². The largest absolute Gasteiger partial charge is 0.480 e. The first kappa shape index (κ1) is 8.67. The van der Waals surface area contributed by atoms with Crippen molar-refractivity contribution in [2.24, 2.45) is 5.73 Å². The number of rotatable bonds is 2. The molecule has 0 aliphatic heterocycles. The Morgan fingerprint density at radius 2 is 2.33 bits per heavy atom. The standard InChI is InChI=1S/C8H10N2O2/c1-8(9,7(11)12)6-4-2-3-5-10-6/h2-5H,9H2,1H3,(H,11,12)/t8-/m0/s1. The third kappa shape index (κ3) is 1.43. The number of carbonyl (C=O) groups is 1. The van der Waals surface area contributed by atoms with Gasteiger partial charge in [-0.05, 0) is 19.1 Å². The lowest BCUT2D eigenvalue weighted by molar-refractivity contribution is -0.143. The number of nitrogens with two attached hydrogens (primary N) is 1. The van der Waals surface area contributed by atoms with Crippen molar-refractivity contribution in [3.63, 3.8) is 0 Å². The van der Waals surface area contributed by atoms with Crippen LogP contribution in [0.25, 0.3) is 0 Å². The Morgan fingerprint density at radius 1 is 1.67 bits per heavy atom. The van der Waals surface area contributed by atoms with Crippen molar-refractivity contribution in [1.82, 2.24) is 4.98 Å². The van der Waals surface area contributed by atoms with Crippen LogP contribution in [0.5, 0.6) is 0 Å². The molecule has 1 rings (SSSR count). The third-order valence-electron chi connectivity index (χ3n) is 1.64. The van der Waals surface area contributed by atoms with Crippen LogP contribution < -0.4 is 5.73 Å². The molecule has 4 nitrogen and oxygen atoms in total. The van der Waals surface area contributed by atoms with Crippen molar-refractivity contribution >= 4 is 5.97 Å². The molecule has 0 amide bonds. The highest BCUT2D eigenvalue weighted by atomic mass is 16.4. The first-order valence-corrected chi connectivity index (χ1v) is 3.49. The molecule has 0 spiro atoms. The molecule has 12 heavy (non-hydrogen) atoms. The van der Waals surface area contributed by atoms with Gasteiger partial charge in [0, 0.05) is 6.20 Å². The van der Waals surface area contributed by atoms with Gasteiger partial charge in [-0.1, -0.05) is 6.07 Å². The summed E-state index contributed by atoms with van der Waals surface area (Å²) in [7, 11) is 0. The lowest BCUT2D eigenvalue weighted by Gasteiger charge is -2.17. The van der Waals surface area contributed by atoms with Crippen LogP contribution in [-0.4, -0.2) is 16.1 Å². The number of carboxylic acids is 1. The number of nitrogens with zero attached hydrogens (tertiary/aromatic N) is 1. The normalized spacial score (nSPS) is 15.2. The van der Waals surface area contributed by atoms with E-state index in [-0.39, 0.29) is 0 Å². The van der Waals surface area contributed by atoms with E-state index in [1.54, 1.807) is 18.2 Å². The maximum atomic E-state index is 10.7. The second-order valence-electron chi connectivity index (χ2n) is 2.72. The van der Waals surface area contributed by atoms with Crippen LogP contribution in [0.1, 0.15) is 12.6 Å². The van der Waals surface area contributed by atoms with E-state index in [9.17, 15) is 4.79 Å². The quantitative estimate of drug-likeness (QED) is 0.664. The fourth-order valence-corrected chi connectivity index (χ4v) is 0.780. The third-order valence-corrected chi connectivity index (χ3v) is 1.64. The fraction of sp³-hybridized carbons (Fsp3) is 0.250. The van der Waals surface area contributed by atoms with E-state index in [2.05, 4.69) is 4.98 Å².